The van der Waals surface area contributed by atoms with E-state index in [1.54, 1.807) is 60.7 Å². The lowest BCUT2D eigenvalue weighted by molar-refractivity contribution is -0.114. The van der Waals surface area contributed by atoms with E-state index in [9.17, 15) is 13.2 Å². The van der Waals surface area contributed by atoms with Crippen LogP contribution in [-0.2, 0) is 14.8 Å². The first-order chi connectivity index (χ1) is 15.3. The lowest BCUT2D eigenvalue weighted by Gasteiger charge is -2.24. The summed E-state index contributed by atoms with van der Waals surface area (Å²) in [4.78, 5) is 12.9. The van der Waals surface area contributed by atoms with E-state index in [4.69, 9.17) is 9.47 Å². The van der Waals surface area contributed by atoms with Crippen LogP contribution < -0.4 is 19.1 Å². The Balaban J connectivity index is 1.93. The van der Waals surface area contributed by atoms with Crippen molar-refractivity contribution < 1.29 is 22.7 Å². The SMILES string of the molecule is CCOc1ccc(S(=O)(=O)N(CC(=O)Nc2ccccc2OC)c2ccc(C)cc2)cc1. The molecule has 168 valence electrons. The van der Waals surface area contributed by atoms with Crippen LogP contribution in [-0.4, -0.2) is 34.6 Å². The highest BCUT2D eigenvalue weighted by atomic mass is 32.2. The number of carbonyl (C=O) groups is 1. The van der Waals surface area contributed by atoms with E-state index >= 15 is 0 Å². The molecule has 3 aromatic carbocycles. The topological polar surface area (TPSA) is 84.9 Å². The maximum Gasteiger partial charge on any atom is 0.264 e. The number of sulfonamides is 1. The van der Waals surface area contributed by atoms with Gasteiger partial charge < -0.3 is 14.8 Å². The van der Waals surface area contributed by atoms with Crippen molar-refractivity contribution in [2.75, 3.05) is 29.9 Å². The van der Waals surface area contributed by atoms with Gasteiger partial charge in [0.05, 0.1) is 30.0 Å². The predicted octanol–water partition coefficient (Wildman–Crippen LogP) is 4.24. The van der Waals surface area contributed by atoms with Crippen molar-refractivity contribution in [1.82, 2.24) is 0 Å². The molecular weight excluding hydrogens is 428 g/mol. The molecule has 1 N–H and O–H groups in total. The number of para-hydroxylation sites is 2. The number of hydrogen-bond donors (Lipinski definition) is 1. The molecule has 0 saturated carbocycles. The zero-order chi connectivity index (χ0) is 23.1. The second-order valence-electron chi connectivity index (χ2n) is 7.00. The minimum absolute atomic E-state index is 0.0617. The van der Waals surface area contributed by atoms with Crippen LogP contribution in [0.5, 0.6) is 11.5 Å². The monoisotopic (exact) mass is 454 g/mol. The molecule has 0 fully saturated rings. The number of methoxy groups -OCH3 is 1. The Morgan fingerprint density at radius 2 is 1.62 bits per heavy atom. The molecule has 0 bridgehead atoms. The van der Waals surface area contributed by atoms with Gasteiger partial charge in [-0.15, -0.1) is 0 Å². The zero-order valence-electron chi connectivity index (χ0n) is 18.2. The van der Waals surface area contributed by atoms with Crippen molar-refractivity contribution in [3.8, 4) is 11.5 Å². The summed E-state index contributed by atoms with van der Waals surface area (Å²) in [6.45, 7) is 3.83. The highest BCUT2D eigenvalue weighted by molar-refractivity contribution is 7.92. The van der Waals surface area contributed by atoms with Crippen LogP contribution >= 0.6 is 0 Å². The fraction of sp³-hybridized carbons (Fsp3) is 0.208. The van der Waals surface area contributed by atoms with Crippen molar-refractivity contribution in [2.45, 2.75) is 18.7 Å². The number of aryl methyl sites for hydroxylation is 1. The lowest BCUT2D eigenvalue weighted by Crippen LogP contribution is -2.38. The summed E-state index contributed by atoms with van der Waals surface area (Å²) in [6, 6.07) is 20.0. The standard InChI is InChI=1S/C24H26N2O5S/c1-4-31-20-13-15-21(16-14-20)32(28,29)26(19-11-9-18(2)10-12-19)17-24(27)25-22-7-5-6-8-23(22)30-3/h5-16H,4,17H2,1-3H3,(H,25,27). The van der Waals surface area contributed by atoms with Crippen LogP contribution in [0, 0.1) is 6.92 Å². The van der Waals surface area contributed by atoms with Gasteiger partial charge in [-0.05, 0) is 62.4 Å². The van der Waals surface area contributed by atoms with E-state index in [1.165, 1.54) is 19.2 Å². The first-order valence-corrected chi connectivity index (χ1v) is 11.5. The molecule has 0 aliphatic rings. The van der Waals surface area contributed by atoms with Crippen molar-refractivity contribution in [1.29, 1.82) is 0 Å². The molecule has 3 aromatic rings. The van der Waals surface area contributed by atoms with E-state index in [1.807, 2.05) is 13.8 Å². The van der Waals surface area contributed by atoms with Crippen LogP contribution in [0.25, 0.3) is 0 Å². The summed E-state index contributed by atoms with van der Waals surface area (Å²) in [5.41, 5.74) is 1.83. The summed E-state index contributed by atoms with van der Waals surface area (Å²) >= 11 is 0. The Morgan fingerprint density at radius 1 is 0.969 bits per heavy atom. The highest BCUT2D eigenvalue weighted by Crippen LogP contribution is 2.27. The molecule has 0 radical (unpaired) electrons. The third-order valence-corrected chi connectivity index (χ3v) is 6.50. The number of rotatable bonds is 9. The zero-order valence-corrected chi connectivity index (χ0v) is 19.1. The smallest absolute Gasteiger partial charge is 0.264 e. The molecular formula is C24H26N2O5S. The summed E-state index contributed by atoms with van der Waals surface area (Å²) in [7, 11) is -2.52. The molecule has 7 nitrogen and oxygen atoms in total. The molecule has 0 aromatic heterocycles. The van der Waals surface area contributed by atoms with Crippen LogP contribution in [0.1, 0.15) is 12.5 Å². The predicted molar refractivity (Wildman–Crippen MR) is 125 cm³/mol. The van der Waals surface area contributed by atoms with E-state index < -0.39 is 22.5 Å². The van der Waals surface area contributed by atoms with Crippen molar-refractivity contribution in [2.24, 2.45) is 0 Å². The number of anilines is 2. The van der Waals surface area contributed by atoms with E-state index in [-0.39, 0.29) is 4.90 Å². The molecule has 0 unspecified atom stereocenters. The number of hydrogen-bond acceptors (Lipinski definition) is 5. The Bertz CT molecular complexity index is 1160. The Morgan fingerprint density at radius 3 is 2.25 bits per heavy atom. The maximum atomic E-state index is 13.5. The fourth-order valence-electron chi connectivity index (χ4n) is 3.10. The van der Waals surface area contributed by atoms with Gasteiger partial charge in [0.1, 0.15) is 18.0 Å². The van der Waals surface area contributed by atoms with Crippen molar-refractivity contribution in [3.63, 3.8) is 0 Å². The number of amides is 1. The largest absolute Gasteiger partial charge is 0.495 e. The van der Waals surface area contributed by atoms with Crippen LogP contribution in [0.4, 0.5) is 11.4 Å². The second kappa shape index (κ2) is 10.2. The molecule has 32 heavy (non-hydrogen) atoms. The van der Waals surface area contributed by atoms with Crippen molar-refractivity contribution in [3.05, 3.63) is 78.4 Å². The second-order valence-corrected chi connectivity index (χ2v) is 8.86. The van der Waals surface area contributed by atoms with Gasteiger partial charge in [-0.3, -0.25) is 9.10 Å². The number of carbonyl (C=O) groups excluding carboxylic acids is 1. The normalized spacial score (nSPS) is 11.0. The van der Waals surface area contributed by atoms with Crippen molar-refractivity contribution >= 4 is 27.3 Å². The van der Waals surface area contributed by atoms with Gasteiger partial charge in [0.2, 0.25) is 5.91 Å². The maximum absolute atomic E-state index is 13.5. The van der Waals surface area contributed by atoms with Crippen LogP contribution in [0.2, 0.25) is 0 Å². The molecule has 3 rings (SSSR count). The Labute approximate surface area is 188 Å². The summed E-state index contributed by atoms with van der Waals surface area (Å²) in [5.74, 6) is 0.559. The van der Waals surface area contributed by atoms with Gasteiger partial charge in [0.25, 0.3) is 10.0 Å². The molecule has 8 heteroatoms. The van der Waals surface area contributed by atoms with Gasteiger partial charge in [-0.25, -0.2) is 8.42 Å². The number of benzene rings is 3. The average molecular weight is 455 g/mol. The van der Waals surface area contributed by atoms with E-state index in [2.05, 4.69) is 5.32 Å². The van der Waals surface area contributed by atoms with Gasteiger partial charge in [0.15, 0.2) is 0 Å². The van der Waals surface area contributed by atoms with Gasteiger partial charge in [-0.2, -0.15) is 0 Å². The Kier molecular flexibility index (Phi) is 7.37. The van der Waals surface area contributed by atoms with Crippen LogP contribution in [0.3, 0.4) is 0 Å². The van der Waals surface area contributed by atoms with Gasteiger partial charge >= 0.3 is 0 Å². The van der Waals surface area contributed by atoms with Crippen LogP contribution in [0.15, 0.2) is 77.7 Å². The minimum Gasteiger partial charge on any atom is -0.495 e. The molecule has 0 aliphatic heterocycles. The molecule has 1 amide bonds. The molecule has 0 heterocycles. The lowest BCUT2D eigenvalue weighted by atomic mass is 10.2. The minimum atomic E-state index is -4.02. The first-order valence-electron chi connectivity index (χ1n) is 10.1. The summed E-state index contributed by atoms with van der Waals surface area (Å²) in [5, 5.41) is 2.73. The molecule has 0 aliphatic carbocycles. The van der Waals surface area contributed by atoms with Gasteiger partial charge in [0, 0.05) is 0 Å². The number of nitrogens with zero attached hydrogens (tertiary/aromatic N) is 1. The quantitative estimate of drug-likeness (QED) is 0.523. The molecule has 0 spiro atoms. The summed E-state index contributed by atoms with van der Waals surface area (Å²) < 4.78 is 38.7. The average Bonchev–Trinajstić information content (AvgIpc) is 2.79. The van der Waals surface area contributed by atoms with Gasteiger partial charge in [-0.1, -0.05) is 29.8 Å². The Hall–Kier alpha value is -3.52. The third kappa shape index (κ3) is 5.39. The molecule has 0 saturated heterocycles. The third-order valence-electron chi connectivity index (χ3n) is 4.71. The highest BCUT2D eigenvalue weighted by Gasteiger charge is 2.27. The number of ether oxygens (including phenoxy) is 2. The van der Waals surface area contributed by atoms with E-state index in [0.29, 0.717) is 29.5 Å². The van der Waals surface area contributed by atoms with E-state index in [0.717, 1.165) is 9.87 Å². The summed E-state index contributed by atoms with van der Waals surface area (Å²) in [6.07, 6.45) is 0. The number of nitrogens with one attached hydrogen (secondary N) is 1. The first kappa shape index (κ1) is 23.1. The molecule has 0 atom stereocenters. The fourth-order valence-corrected chi connectivity index (χ4v) is 4.52.